The molecule has 0 fully saturated rings. The lowest BCUT2D eigenvalue weighted by atomic mass is 10.4. The second-order valence-electron chi connectivity index (χ2n) is 4.13. The molecule has 0 amide bonds. The normalized spacial score (nSPS) is 10.8. The molecule has 0 spiro atoms. The Bertz CT molecular complexity index is 645. The van der Waals surface area contributed by atoms with Crippen LogP contribution in [-0.4, -0.2) is 37.4 Å². The lowest BCUT2D eigenvalue weighted by Gasteiger charge is -2.04. The Balaban J connectivity index is 2.15. The minimum Gasteiger partial charge on any atom is -0.464 e. The van der Waals surface area contributed by atoms with Crippen molar-refractivity contribution in [1.82, 2.24) is 24.8 Å². The van der Waals surface area contributed by atoms with E-state index in [0.717, 1.165) is 17.5 Å². The molecule has 102 valence electrons. The minimum atomic E-state index is -0.493. The van der Waals surface area contributed by atoms with Gasteiger partial charge in [-0.05, 0) is 6.42 Å². The van der Waals surface area contributed by atoms with Crippen molar-refractivity contribution in [1.29, 1.82) is 0 Å². The second-order valence-corrected chi connectivity index (χ2v) is 4.13. The molecule has 0 bridgehead atoms. The Kier molecular flexibility index (Phi) is 3.88. The Morgan fingerprint density at radius 2 is 2.26 bits per heavy atom. The van der Waals surface area contributed by atoms with Gasteiger partial charge in [0.05, 0.1) is 12.8 Å². The molecule has 0 unspecified atom stereocenters. The highest BCUT2D eigenvalue weighted by Gasteiger charge is 2.12. The van der Waals surface area contributed by atoms with Crippen LogP contribution in [-0.2, 0) is 23.1 Å². The van der Waals surface area contributed by atoms with Crippen molar-refractivity contribution < 1.29 is 9.53 Å². The molecule has 0 aliphatic rings. The van der Waals surface area contributed by atoms with E-state index >= 15 is 0 Å². The van der Waals surface area contributed by atoms with E-state index < -0.39 is 11.5 Å². The van der Waals surface area contributed by atoms with E-state index in [4.69, 9.17) is 4.74 Å². The number of hydrogen-bond donors (Lipinski definition) is 0. The van der Waals surface area contributed by atoms with E-state index in [1.807, 2.05) is 6.92 Å². The molecule has 0 N–H and O–H groups in total. The molecule has 0 aliphatic heterocycles. The maximum atomic E-state index is 12.0. The van der Waals surface area contributed by atoms with E-state index in [2.05, 4.69) is 15.4 Å². The van der Waals surface area contributed by atoms with Gasteiger partial charge in [0.15, 0.2) is 5.65 Å². The topological polar surface area (TPSA) is 91.9 Å². The zero-order valence-electron chi connectivity index (χ0n) is 10.9. The van der Waals surface area contributed by atoms with Crippen molar-refractivity contribution in [3.05, 3.63) is 16.6 Å². The lowest BCUT2D eigenvalue weighted by Crippen LogP contribution is -2.28. The fourth-order valence-corrected chi connectivity index (χ4v) is 1.58. The van der Waals surface area contributed by atoms with Crippen LogP contribution in [0.25, 0.3) is 11.0 Å². The third-order valence-corrected chi connectivity index (χ3v) is 2.66. The van der Waals surface area contributed by atoms with Crippen LogP contribution in [0.15, 0.2) is 11.0 Å². The molecule has 2 heterocycles. The average molecular weight is 265 g/mol. The Morgan fingerprint density at radius 1 is 1.47 bits per heavy atom. The number of hydrogen-bond acceptors (Lipinski definition) is 6. The molecule has 0 radical (unpaired) electrons. The summed E-state index contributed by atoms with van der Waals surface area (Å²) in [7, 11) is 1.67. The van der Waals surface area contributed by atoms with Crippen LogP contribution >= 0.6 is 0 Å². The third-order valence-electron chi connectivity index (χ3n) is 2.66. The van der Waals surface area contributed by atoms with Crippen molar-refractivity contribution in [3.8, 4) is 0 Å². The predicted molar refractivity (Wildman–Crippen MR) is 66.4 cm³/mol. The van der Waals surface area contributed by atoms with Crippen molar-refractivity contribution >= 4 is 17.0 Å². The SMILES string of the molecule is CCCCOC(=O)Cn1nnc2c(cnn2C)c1=O. The molecule has 0 saturated carbocycles. The van der Waals surface area contributed by atoms with Crippen molar-refractivity contribution in [2.24, 2.45) is 7.05 Å². The first-order valence-corrected chi connectivity index (χ1v) is 6.04. The van der Waals surface area contributed by atoms with Gasteiger partial charge in [0, 0.05) is 7.05 Å². The first-order valence-electron chi connectivity index (χ1n) is 6.04. The van der Waals surface area contributed by atoms with Crippen LogP contribution in [0.3, 0.4) is 0 Å². The maximum Gasteiger partial charge on any atom is 0.327 e. The van der Waals surface area contributed by atoms with Gasteiger partial charge in [0.1, 0.15) is 11.9 Å². The molecule has 0 saturated heterocycles. The average Bonchev–Trinajstić information content (AvgIpc) is 2.76. The molecular formula is C11H15N5O3. The van der Waals surface area contributed by atoms with E-state index in [1.165, 1.54) is 10.9 Å². The number of unbranched alkanes of at least 4 members (excludes halogenated alkanes) is 1. The van der Waals surface area contributed by atoms with Gasteiger partial charge in [-0.25, -0.2) is 4.68 Å². The summed E-state index contributed by atoms with van der Waals surface area (Å²) in [6, 6.07) is 0. The number of carbonyl (C=O) groups excluding carboxylic acids is 1. The van der Waals surface area contributed by atoms with Crippen LogP contribution in [0.4, 0.5) is 0 Å². The van der Waals surface area contributed by atoms with Crippen molar-refractivity contribution in [3.63, 3.8) is 0 Å². The molecule has 8 nitrogen and oxygen atoms in total. The zero-order valence-corrected chi connectivity index (χ0v) is 10.9. The Hall–Kier alpha value is -2.25. The third kappa shape index (κ3) is 2.78. The van der Waals surface area contributed by atoms with Crippen LogP contribution in [0, 0.1) is 0 Å². The zero-order chi connectivity index (χ0) is 13.8. The number of carbonyl (C=O) groups is 1. The molecular weight excluding hydrogens is 250 g/mol. The van der Waals surface area contributed by atoms with Crippen LogP contribution < -0.4 is 5.56 Å². The highest BCUT2D eigenvalue weighted by Crippen LogP contribution is 2.01. The molecule has 2 rings (SSSR count). The van der Waals surface area contributed by atoms with E-state index in [9.17, 15) is 9.59 Å². The highest BCUT2D eigenvalue weighted by atomic mass is 16.5. The summed E-state index contributed by atoms with van der Waals surface area (Å²) in [6.45, 7) is 2.12. The number of nitrogens with zero attached hydrogens (tertiary/aromatic N) is 5. The minimum absolute atomic E-state index is 0.236. The van der Waals surface area contributed by atoms with E-state index in [1.54, 1.807) is 7.05 Å². The largest absolute Gasteiger partial charge is 0.464 e. The fourth-order valence-electron chi connectivity index (χ4n) is 1.58. The molecule has 0 aliphatic carbocycles. The molecule has 2 aromatic heterocycles. The van der Waals surface area contributed by atoms with Gasteiger partial charge < -0.3 is 4.74 Å². The summed E-state index contributed by atoms with van der Waals surface area (Å²) in [5.41, 5.74) is -0.00820. The smallest absolute Gasteiger partial charge is 0.327 e. The summed E-state index contributed by atoms with van der Waals surface area (Å²) in [6.07, 6.45) is 3.15. The van der Waals surface area contributed by atoms with Gasteiger partial charge in [0.25, 0.3) is 5.56 Å². The number of ether oxygens (including phenoxy) is 1. The van der Waals surface area contributed by atoms with Gasteiger partial charge in [-0.1, -0.05) is 18.6 Å². The Labute approximate surface area is 109 Å². The van der Waals surface area contributed by atoms with Gasteiger partial charge in [-0.15, -0.1) is 5.10 Å². The summed E-state index contributed by atoms with van der Waals surface area (Å²) >= 11 is 0. The molecule has 2 aromatic rings. The highest BCUT2D eigenvalue weighted by molar-refractivity contribution is 5.73. The van der Waals surface area contributed by atoms with Gasteiger partial charge in [-0.2, -0.15) is 9.78 Å². The summed E-state index contributed by atoms with van der Waals surface area (Å²) < 4.78 is 7.41. The van der Waals surface area contributed by atoms with Gasteiger partial charge in [-0.3, -0.25) is 9.59 Å². The number of aryl methyl sites for hydroxylation is 1. The van der Waals surface area contributed by atoms with Crippen molar-refractivity contribution in [2.75, 3.05) is 6.61 Å². The number of fused-ring (bicyclic) bond motifs is 1. The fraction of sp³-hybridized carbons (Fsp3) is 0.545. The van der Waals surface area contributed by atoms with Crippen LogP contribution in [0.1, 0.15) is 19.8 Å². The van der Waals surface area contributed by atoms with Crippen molar-refractivity contribution in [2.45, 2.75) is 26.3 Å². The first kappa shape index (κ1) is 13.2. The number of rotatable bonds is 5. The Morgan fingerprint density at radius 3 is 3.00 bits per heavy atom. The maximum absolute atomic E-state index is 12.0. The summed E-state index contributed by atoms with van der Waals surface area (Å²) in [5, 5.41) is 11.8. The standard InChI is InChI=1S/C11H15N5O3/c1-3-4-5-19-9(17)7-16-11(18)8-6-12-15(2)10(8)13-14-16/h6H,3-5,7H2,1-2H3. The first-order chi connectivity index (χ1) is 9.13. The monoisotopic (exact) mass is 265 g/mol. The van der Waals surface area contributed by atoms with E-state index in [0.29, 0.717) is 17.6 Å². The summed E-state index contributed by atoms with van der Waals surface area (Å²) in [5.74, 6) is -0.493. The molecule has 0 atom stereocenters. The van der Waals surface area contributed by atoms with Gasteiger partial charge in [0.2, 0.25) is 0 Å². The van der Waals surface area contributed by atoms with Gasteiger partial charge >= 0.3 is 5.97 Å². The number of esters is 1. The molecule has 8 heteroatoms. The second kappa shape index (κ2) is 5.59. The predicted octanol–water partition coefficient (Wildman–Crippen LogP) is -0.132. The lowest BCUT2D eigenvalue weighted by molar-refractivity contribution is -0.144. The molecule has 19 heavy (non-hydrogen) atoms. The van der Waals surface area contributed by atoms with Crippen LogP contribution in [0.2, 0.25) is 0 Å². The van der Waals surface area contributed by atoms with Crippen LogP contribution in [0.5, 0.6) is 0 Å². The molecule has 0 aromatic carbocycles. The number of aromatic nitrogens is 5. The summed E-state index contributed by atoms with van der Waals surface area (Å²) in [4.78, 5) is 23.5. The van der Waals surface area contributed by atoms with E-state index in [-0.39, 0.29) is 6.54 Å². The quantitative estimate of drug-likeness (QED) is 0.552.